The number of hydrogen-bond donors (Lipinski definition) is 0. The first-order valence-electron chi connectivity index (χ1n) is 4.34. The topological polar surface area (TPSA) is 29.5 Å². The van der Waals surface area contributed by atoms with E-state index in [0.717, 1.165) is 10.5 Å². The van der Waals surface area contributed by atoms with Gasteiger partial charge in [0.25, 0.3) is 0 Å². The lowest BCUT2D eigenvalue weighted by atomic mass is 10.3. The molecule has 0 aromatic carbocycles. The maximum Gasteiger partial charge on any atom is 0.422 e. The summed E-state index contributed by atoms with van der Waals surface area (Å²) in [5.41, 5.74) is 0.858. The fraction of sp³-hybridized carbons (Fsp3) is 0.444. The van der Waals surface area contributed by atoms with Crippen molar-refractivity contribution in [3.8, 4) is 0 Å². The van der Waals surface area contributed by atoms with E-state index in [1.54, 1.807) is 6.07 Å². The van der Waals surface area contributed by atoms with Crippen molar-refractivity contribution in [3.05, 3.63) is 22.4 Å². The molecule has 0 atom stereocenters. The number of nitrogens with zero attached hydrogens (tertiary/aromatic N) is 1. The SMILES string of the molecule is CN(Cc1ccsc1)C(=O)OCC(F)(F)F. The zero-order chi connectivity index (χ0) is 12.2. The Morgan fingerprint density at radius 2 is 2.25 bits per heavy atom. The second-order valence-electron chi connectivity index (χ2n) is 3.16. The van der Waals surface area contributed by atoms with Crippen molar-refractivity contribution < 1.29 is 22.7 Å². The van der Waals surface area contributed by atoms with E-state index >= 15 is 0 Å². The van der Waals surface area contributed by atoms with Crippen LogP contribution in [0.25, 0.3) is 0 Å². The van der Waals surface area contributed by atoms with Crippen LogP contribution in [0, 0.1) is 0 Å². The van der Waals surface area contributed by atoms with Gasteiger partial charge in [-0.3, -0.25) is 0 Å². The molecule has 3 nitrogen and oxygen atoms in total. The second-order valence-corrected chi connectivity index (χ2v) is 3.94. The summed E-state index contributed by atoms with van der Waals surface area (Å²) < 4.78 is 39.4. The van der Waals surface area contributed by atoms with E-state index in [2.05, 4.69) is 4.74 Å². The highest BCUT2D eigenvalue weighted by Gasteiger charge is 2.30. The number of carbonyl (C=O) groups is 1. The predicted molar refractivity (Wildman–Crippen MR) is 53.2 cm³/mol. The number of amides is 1. The number of thiophene rings is 1. The molecule has 0 radical (unpaired) electrons. The van der Waals surface area contributed by atoms with E-state index in [-0.39, 0.29) is 6.54 Å². The van der Waals surface area contributed by atoms with Gasteiger partial charge in [0.2, 0.25) is 0 Å². The highest BCUT2D eigenvalue weighted by Crippen LogP contribution is 2.15. The predicted octanol–water partition coefficient (Wildman–Crippen LogP) is 2.88. The molecule has 1 aromatic heterocycles. The summed E-state index contributed by atoms with van der Waals surface area (Å²) >= 11 is 1.45. The molecular formula is C9H10F3NO2S. The van der Waals surface area contributed by atoms with E-state index in [0.29, 0.717) is 0 Å². The van der Waals surface area contributed by atoms with Crippen LogP contribution in [0.3, 0.4) is 0 Å². The zero-order valence-electron chi connectivity index (χ0n) is 8.45. The Morgan fingerprint density at radius 1 is 1.56 bits per heavy atom. The van der Waals surface area contributed by atoms with Gasteiger partial charge < -0.3 is 9.64 Å². The van der Waals surface area contributed by atoms with Gasteiger partial charge in [-0.1, -0.05) is 0 Å². The van der Waals surface area contributed by atoms with Crippen molar-refractivity contribution in [1.82, 2.24) is 4.90 Å². The van der Waals surface area contributed by atoms with Gasteiger partial charge in [-0.05, 0) is 22.4 Å². The van der Waals surface area contributed by atoms with Crippen molar-refractivity contribution in [3.63, 3.8) is 0 Å². The minimum Gasteiger partial charge on any atom is -0.440 e. The van der Waals surface area contributed by atoms with Crippen LogP contribution in [0.15, 0.2) is 16.8 Å². The number of hydrogen-bond acceptors (Lipinski definition) is 3. The van der Waals surface area contributed by atoms with Crippen LogP contribution in [-0.4, -0.2) is 30.8 Å². The Balaban J connectivity index is 2.37. The van der Waals surface area contributed by atoms with Crippen molar-refractivity contribution in [2.24, 2.45) is 0 Å². The van der Waals surface area contributed by atoms with Crippen LogP contribution in [0.4, 0.5) is 18.0 Å². The third kappa shape index (κ3) is 4.52. The van der Waals surface area contributed by atoms with Crippen LogP contribution in [0.5, 0.6) is 0 Å². The Morgan fingerprint density at radius 3 is 2.75 bits per heavy atom. The van der Waals surface area contributed by atoms with Gasteiger partial charge in [-0.25, -0.2) is 4.79 Å². The van der Waals surface area contributed by atoms with Gasteiger partial charge in [-0.15, -0.1) is 0 Å². The number of carbonyl (C=O) groups excluding carboxylic acids is 1. The quantitative estimate of drug-likeness (QED) is 0.829. The highest BCUT2D eigenvalue weighted by molar-refractivity contribution is 7.07. The molecule has 0 saturated carbocycles. The minimum atomic E-state index is -4.49. The summed E-state index contributed by atoms with van der Waals surface area (Å²) in [5.74, 6) is 0. The lowest BCUT2D eigenvalue weighted by Gasteiger charge is -2.16. The fourth-order valence-electron chi connectivity index (χ4n) is 0.975. The third-order valence-electron chi connectivity index (χ3n) is 1.67. The molecule has 0 aliphatic rings. The smallest absolute Gasteiger partial charge is 0.422 e. The van der Waals surface area contributed by atoms with Gasteiger partial charge in [0.15, 0.2) is 6.61 Å². The van der Waals surface area contributed by atoms with Crippen LogP contribution in [0.1, 0.15) is 5.56 Å². The molecule has 0 spiro atoms. The van der Waals surface area contributed by atoms with E-state index in [4.69, 9.17) is 0 Å². The van der Waals surface area contributed by atoms with E-state index in [1.165, 1.54) is 18.4 Å². The van der Waals surface area contributed by atoms with Crippen LogP contribution in [-0.2, 0) is 11.3 Å². The molecule has 0 N–H and O–H groups in total. The lowest BCUT2D eigenvalue weighted by Crippen LogP contribution is -2.30. The molecule has 1 aromatic rings. The molecule has 1 rings (SSSR count). The molecule has 0 aliphatic heterocycles. The Kier molecular flexibility index (Phi) is 4.17. The van der Waals surface area contributed by atoms with E-state index in [9.17, 15) is 18.0 Å². The molecule has 7 heteroatoms. The molecule has 0 bridgehead atoms. The molecule has 0 saturated heterocycles. The Labute approximate surface area is 94.4 Å². The average Bonchev–Trinajstić information content (AvgIpc) is 2.65. The van der Waals surface area contributed by atoms with Crippen molar-refractivity contribution in [2.45, 2.75) is 12.7 Å². The zero-order valence-corrected chi connectivity index (χ0v) is 9.27. The molecular weight excluding hydrogens is 243 g/mol. The van der Waals surface area contributed by atoms with Crippen LogP contribution in [0.2, 0.25) is 0 Å². The number of rotatable bonds is 3. The van der Waals surface area contributed by atoms with Gasteiger partial charge in [0.05, 0.1) is 0 Å². The molecule has 1 amide bonds. The van der Waals surface area contributed by atoms with Crippen molar-refractivity contribution >= 4 is 17.4 Å². The average molecular weight is 253 g/mol. The van der Waals surface area contributed by atoms with Gasteiger partial charge in [0, 0.05) is 13.6 Å². The minimum absolute atomic E-state index is 0.236. The molecule has 0 aliphatic carbocycles. The van der Waals surface area contributed by atoms with Gasteiger partial charge in [-0.2, -0.15) is 24.5 Å². The Hall–Kier alpha value is -1.24. The molecule has 90 valence electrons. The monoisotopic (exact) mass is 253 g/mol. The maximum absolute atomic E-state index is 11.8. The summed E-state index contributed by atoms with van der Waals surface area (Å²) in [4.78, 5) is 12.2. The summed E-state index contributed by atoms with van der Waals surface area (Å²) in [5, 5.41) is 3.64. The van der Waals surface area contributed by atoms with Crippen molar-refractivity contribution in [2.75, 3.05) is 13.7 Å². The molecule has 0 fully saturated rings. The second kappa shape index (κ2) is 5.20. The summed E-state index contributed by atoms with van der Waals surface area (Å²) in [6, 6.07) is 1.79. The Bertz CT molecular complexity index is 337. The fourth-order valence-corrected chi connectivity index (χ4v) is 1.63. The van der Waals surface area contributed by atoms with E-state index in [1.807, 2.05) is 10.8 Å². The largest absolute Gasteiger partial charge is 0.440 e. The normalized spacial score (nSPS) is 11.2. The highest BCUT2D eigenvalue weighted by atomic mass is 32.1. The number of alkyl halides is 3. The number of ether oxygens (including phenoxy) is 1. The number of halogens is 3. The third-order valence-corrected chi connectivity index (χ3v) is 2.40. The van der Waals surface area contributed by atoms with E-state index < -0.39 is 18.9 Å². The first-order valence-corrected chi connectivity index (χ1v) is 5.28. The summed E-state index contributed by atoms with van der Waals surface area (Å²) in [7, 11) is 1.39. The van der Waals surface area contributed by atoms with Gasteiger partial charge >= 0.3 is 12.3 Å². The maximum atomic E-state index is 11.8. The van der Waals surface area contributed by atoms with Crippen molar-refractivity contribution in [1.29, 1.82) is 0 Å². The molecule has 1 heterocycles. The molecule has 0 unspecified atom stereocenters. The van der Waals surface area contributed by atoms with Crippen LogP contribution >= 0.6 is 11.3 Å². The first kappa shape index (κ1) is 12.8. The van der Waals surface area contributed by atoms with Gasteiger partial charge in [0.1, 0.15) is 0 Å². The lowest BCUT2D eigenvalue weighted by molar-refractivity contribution is -0.162. The van der Waals surface area contributed by atoms with Crippen LogP contribution < -0.4 is 0 Å². The summed E-state index contributed by atoms with van der Waals surface area (Å²) in [6.45, 7) is -1.32. The standard InChI is InChI=1S/C9H10F3NO2S/c1-13(4-7-2-3-16-5-7)8(14)15-6-9(10,11)12/h2-3,5H,4,6H2,1H3. The molecule has 16 heavy (non-hydrogen) atoms. The first-order chi connectivity index (χ1) is 7.38. The summed E-state index contributed by atoms with van der Waals surface area (Å²) in [6.07, 6.45) is -5.47.